The van der Waals surface area contributed by atoms with Crippen LogP contribution in [0.4, 0.5) is 0 Å². The van der Waals surface area contributed by atoms with Crippen molar-refractivity contribution in [3.63, 3.8) is 0 Å². The van der Waals surface area contributed by atoms with Crippen molar-refractivity contribution in [2.24, 2.45) is 0 Å². The van der Waals surface area contributed by atoms with Gasteiger partial charge in [-0.2, -0.15) is 5.10 Å². The third-order valence-electron chi connectivity index (χ3n) is 3.82. The molecule has 1 unspecified atom stereocenters. The Labute approximate surface area is 139 Å². The first kappa shape index (κ1) is 15.9. The van der Waals surface area contributed by atoms with Crippen molar-refractivity contribution >= 4 is 5.91 Å². The Morgan fingerprint density at radius 2 is 1.96 bits per heavy atom. The van der Waals surface area contributed by atoms with Gasteiger partial charge in [-0.1, -0.05) is 24.3 Å². The van der Waals surface area contributed by atoms with E-state index in [2.05, 4.69) is 15.4 Å². The van der Waals surface area contributed by atoms with Gasteiger partial charge in [-0.3, -0.25) is 4.79 Å². The van der Waals surface area contributed by atoms with Gasteiger partial charge in [0.25, 0.3) is 5.91 Å². The summed E-state index contributed by atoms with van der Waals surface area (Å²) in [5.74, 6) is -0.229. The monoisotopic (exact) mass is 322 g/mol. The number of carbonyl (C=O) groups is 1. The summed E-state index contributed by atoms with van der Waals surface area (Å²) >= 11 is 0. The summed E-state index contributed by atoms with van der Waals surface area (Å²) in [5, 5.41) is 17.0. The molecule has 1 atom stereocenters. The van der Waals surface area contributed by atoms with Crippen LogP contribution < -0.4 is 5.32 Å². The predicted octanol–water partition coefficient (Wildman–Crippen LogP) is 2.04. The lowest BCUT2D eigenvalue weighted by molar-refractivity contribution is 0.0916. The Hall–Kier alpha value is -2.99. The third-order valence-corrected chi connectivity index (χ3v) is 3.82. The SMILES string of the molecule is Cc1ccccc1C(O)CNC(=O)c1ccc(-n2cncn2)cc1. The fraction of sp³-hybridized carbons (Fsp3) is 0.167. The molecule has 24 heavy (non-hydrogen) atoms. The molecule has 0 aliphatic carbocycles. The molecule has 2 N–H and O–H groups in total. The molecule has 0 saturated carbocycles. The highest BCUT2D eigenvalue weighted by molar-refractivity contribution is 5.94. The molecule has 0 bridgehead atoms. The molecule has 6 heteroatoms. The van der Waals surface area contributed by atoms with Gasteiger partial charge in [-0.25, -0.2) is 9.67 Å². The number of aliphatic hydroxyl groups is 1. The van der Waals surface area contributed by atoms with Gasteiger partial charge in [0.1, 0.15) is 12.7 Å². The van der Waals surface area contributed by atoms with Crippen molar-refractivity contribution < 1.29 is 9.90 Å². The average molecular weight is 322 g/mol. The molecule has 0 saturated heterocycles. The zero-order valence-electron chi connectivity index (χ0n) is 13.3. The number of hydrogen-bond acceptors (Lipinski definition) is 4. The number of carbonyl (C=O) groups excluding carboxylic acids is 1. The summed E-state index contributed by atoms with van der Waals surface area (Å²) in [4.78, 5) is 16.1. The van der Waals surface area contributed by atoms with Crippen molar-refractivity contribution in [1.82, 2.24) is 20.1 Å². The molecule has 1 heterocycles. The molecule has 1 aromatic heterocycles. The van der Waals surface area contributed by atoms with E-state index < -0.39 is 6.10 Å². The molecular formula is C18H18N4O2. The van der Waals surface area contributed by atoms with Crippen LogP contribution in [0.25, 0.3) is 5.69 Å². The van der Waals surface area contributed by atoms with Crippen molar-refractivity contribution in [3.05, 3.63) is 77.9 Å². The first-order valence-corrected chi connectivity index (χ1v) is 7.62. The highest BCUT2D eigenvalue weighted by Crippen LogP contribution is 2.16. The normalized spacial score (nSPS) is 11.9. The van der Waals surface area contributed by atoms with Gasteiger partial charge in [-0.15, -0.1) is 0 Å². The first-order valence-electron chi connectivity index (χ1n) is 7.62. The third kappa shape index (κ3) is 3.49. The summed E-state index contributed by atoms with van der Waals surface area (Å²) in [6, 6.07) is 14.6. The van der Waals surface area contributed by atoms with E-state index in [0.717, 1.165) is 16.8 Å². The zero-order valence-corrected chi connectivity index (χ0v) is 13.3. The predicted molar refractivity (Wildman–Crippen MR) is 89.8 cm³/mol. The number of aromatic nitrogens is 3. The van der Waals surface area contributed by atoms with Gasteiger partial charge in [0.15, 0.2) is 0 Å². The highest BCUT2D eigenvalue weighted by atomic mass is 16.3. The van der Waals surface area contributed by atoms with E-state index in [1.54, 1.807) is 35.3 Å². The van der Waals surface area contributed by atoms with E-state index >= 15 is 0 Å². The van der Waals surface area contributed by atoms with Crippen LogP contribution in [-0.2, 0) is 0 Å². The van der Waals surface area contributed by atoms with Crippen molar-refractivity contribution in [1.29, 1.82) is 0 Å². The summed E-state index contributed by atoms with van der Waals surface area (Å²) in [6.07, 6.45) is 2.31. The Balaban J connectivity index is 1.62. The fourth-order valence-corrected chi connectivity index (χ4v) is 2.47. The lowest BCUT2D eigenvalue weighted by Crippen LogP contribution is -2.28. The molecule has 0 aliphatic rings. The van der Waals surface area contributed by atoms with Crippen LogP contribution in [0.3, 0.4) is 0 Å². The first-order chi connectivity index (χ1) is 11.6. The average Bonchev–Trinajstić information content (AvgIpc) is 3.14. The van der Waals surface area contributed by atoms with Gasteiger partial charge in [-0.05, 0) is 42.3 Å². The summed E-state index contributed by atoms with van der Waals surface area (Å²) in [5.41, 5.74) is 3.16. The fourth-order valence-electron chi connectivity index (χ4n) is 2.47. The van der Waals surface area contributed by atoms with Gasteiger partial charge in [0, 0.05) is 12.1 Å². The van der Waals surface area contributed by atoms with Crippen LogP contribution in [0.2, 0.25) is 0 Å². The van der Waals surface area contributed by atoms with Gasteiger partial charge < -0.3 is 10.4 Å². The van der Waals surface area contributed by atoms with Crippen molar-refractivity contribution in [2.75, 3.05) is 6.54 Å². The Morgan fingerprint density at radius 1 is 1.21 bits per heavy atom. The molecule has 0 fully saturated rings. The summed E-state index contributed by atoms with van der Waals surface area (Å²) < 4.78 is 1.61. The maximum absolute atomic E-state index is 12.2. The van der Waals surface area contributed by atoms with Gasteiger partial charge in [0.2, 0.25) is 0 Å². The van der Waals surface area contributed by atoms with E-state index in [4.69, 9.17) is 0 Å². The largest absolute Gasteiger partial charge is 0.387 e. The molecule has 3 rings (SSSR count). The van der Waals surface area contributed by atoms with Crippen molar-refractivity contribution in [2.45, 2.75) is 13.0 Å². The topological polar surface area (TPSA) is 80.0 Å². The highest BCUT2D eigenvalue weighted by Gasteiger charge is 2.12. The van der Waals surface area contributed by atoms with Gasteiger partial charge in [0.05, 0.1) is 11.8 Å². The number of amides is 1. The molecular weight excluding hydrogens is 304 g/mol. The quantitative estimate of drug-likeness (QED) is 0.753. The maximum atomic E-state index is 12.2. The smallest absolute Gasteiger partial charge is 0.251 e. The summed E-state index contributed by atoms with van der Waals surface area (Å²) in [7, 11) is 0. The molecule has 0 radical (unpaired) electrons. The number of benzene rings is 2. The number of nitrogens with zero attached hydrogens (tertiary/aromatic N) is 3. The van der Waals surface area contributed by atoms with Crippen LogP contribution >= 0.6 is 0 Å². The van der Waals surface area contributed by atoms with Gasteiger partial charge >= 0.3 is 0 Å². The number of hydrogen-bond donors (Lipinski definition) is 2. The number of aliphatic hydroxyl groups excluding tert-OH is 1. The number of rotatable bonds is 5. The lowest BCUT2D eigenvalue weighted by atomic mass is 10.0. The number of nitrogens with one attached hydrogen (secondary N) is 1. The van der Waals surface area contributed by atoms with Crippen molar-refractivity contribution in [3.8, 4) is 5.69 Å². The van der Waals surface area contributed by atoms with E-state index in [1.807, 2.05) is 31.2 Å². The second-order valence-corrected chi connectivity index (χ2v) is 5.47. The molecule has 0 aliphatic heterocycles. The maximum Gasteiger partial charge on any atom is 0.251 e. The molecule has 0 spiro atoms. The van der Waals surface area contributed by atoms with Crippen LogP contribution in [0.1, 0.15) is 27.6 Å². The molecule has 3 aromatic rings. The van der Waals surface area contributed by atoms with Crippen LogP contribution in [0, 0.1) is 6.92 Å². The number of aryl methyl sites for hydroxylation is 1. The molecule has 122 valence electrons. The lowest BCUT2D eigenvalue weighted by Gasteiger charge is -2.14. The Kier molecular flexibility index (Phi) is 4.67. The van der Waals surface area contributed by atoms with E-state index in [0.29, 0.717) is 5.56 Å². The van der Waals surface area contributed by atoms with E-state index in [-0.39, 0.29) is 12.5 Å². The van der Waals surface area contributed by atoms with E-state index in [1.165, 1.54) is 6.33 Å². The Bertz CT molecular complexity index is 813. The Morgan fingerprint density at radius 3 is 2.62 bits per heavy atom. The summed E-state index contributed by atoms with van der Waals surface area (Å²) in [6.45, 7) is 2.09. The van der Waals surface area contributed by atoms with E-state index in [9.17, 15) is 9.90 Å². The standard InChI is InChI=1S/C18H18N4O2/c1-13-4-2-3-5-16(13)17(23)10-20-18(24)14-6-8-15(9-7-14)22-12-19-11-21-22/h2-9,11-12,17,23H,10H2,1H3,(H,20,24). The minimum Gasteiger partial charge on any atom is -0.387 e. The zero-order chi connectivity index (χ0) is 16.9. The molecule has 1 amide bonds. The van der Waals surface area contributed by atoms with Crippen LogP contribution in [0.5, 0.6) is 0 Å². The minimum absolute atomic E-state index is 0.161. The minimum atomic E-state index is -0.732. The molecule has 6 nitrogen and oxygen atoms in total. The van der Waals surface area contributed by atoms with Crippen LogP contribution in [0.15, 0.2) is 61.2 Å². The molecule has 2 aromatic carbocycles. The second kappa shape index (κ2) is 7.06. The second-order valence-electron chi connectivity index (χ2n) is 5.47. The van der Waals surface area contributed by atoms with Crippen LogP contribution in [-0.4, -0.2) is 32.3 Å².